The molecule has 0 radical (unpaired) electrons. The van der Waals surface area contributed by atoms with Gasteiger partial charge in [-0.25, -0.2) is 18.9 Å². The number of hydrogen-bond acceptors (Lipinski definition) is 4. The van der Waals surface area contributed by atoms with Crippen LogP contribution in [0.2, 0.25) is 0 Å². The van der Waals surface area contributed by atoms with Crippen LogP contribution >= 0.6 is 0 Å². The summed E-state index contributed by atoms with van der Waals surface area (Å²) in [6, 6.07) is 5.43. The maximum absolute atomic E-state index is 13.5. The SMILES string of the molecule is Nc1nc(-c2c[nH]c3ncc(F)cc23)nn2c(C3CC3)ccc12. The number of aromatic amines is 1. The van der Waals surface area contributed by atoms with Crippen LogP contribution in [-0.2, 0) is 0 Å². The number of pyridine rings is 1. The van der Waals surface area contributed by atoms with Crippen molar-refractivity contribution in [3.05, 3.63) is 42.1 Å². The van der Waals surface area contributed by atoms with Crippen LogP contribution in [0, 0.1) is 5.82 Å². The molecule has 3 N–H and O–H groups in total. The fraction of sp³-hybridized carbons (Fsp3) is 0.188. The Morgan fingerprint density at radius 2 is 2.17 bits per heavy atom. The summed E-state index contributed by atoms with van der Waals surface area (Å²) in [7, 11) is 0. The van der Waals surface area contributed by atoms with Crippen LogP contribution in [0.4, 0.5) is 10.2 Å². The molecule has 0 atom stereocenters. The molecule has 4 aromatic heterocycles. The number of fused-ring (bicyclic) bond motifs is 2. The van der Waals surface area contributed by atoms with Gasteiger partial charge in [0.15, 0.2) is 11.6 Å². The normalized spacial score (nSPS) is 14.8. The molecule has 1 saturated carbocycles. The van der Waals surface area contributed by atoms with E-state index in [1.807, 2.05) is 10.6 Å². The second kappa shape index (κ2) is 4.28. The fourth-order valence-corrected chi connectivity index (χ4v) is 3.00. The molecule has 1 aliphatic rings. The van der Waals surface area contributed by atoms with E-state index < -0.39 is 5.82 Å². The molecule has 1 aliphatic carbocycles. The van der Waals surface area contributed by atoms with Gasteiger partial charge in [-0.3, -0.25) is 0 Å². The number of nitrogen functional groups attached to an aromatic ring is 1. The van der Waals surface area contributed by atoms with Crippen LogP contribution < -0.4 is 5.73 Å². The lowest BCUT2D eigenvalue weighted by Crippen LogP contribution is -2.05. The number of nitrogens with two attached hydrogens (primary N) is 1. The molecule has 0 saturated heterocycles. The van der Waals surface area contributed by atoms with Crippen LogP contribution in [0.25, 0.3) is 27.9 Å². The molecule has 0 bridgehead atoms. The minimum atomic E-state index is -0.396. The third-order valence-electron chi connectivity index (χ3n) is 4.30. The van der Waals surface area contributed by atoms with E-state index in [0.29, 0.717) is 34.2 Å². The lowest BCUT2D eigenvalue weighted by atomic mass is 10.2. The first kappa shape index (κ1) is 12.6. The number of nitrogens with zero attached hydrogens (tertiary/aromatic N) is 4. The first-order valence-electron chi connectivity index (χ1n) is 7.49. The van der Waals surface area contributed by atoms with Gasteiger partial charge in [0.1, 0.15) is 17.0 Å². The average Bonchev–Trinajstić information content (AvgIpc) is 3.15. The van der Waals surface area contributed by atoms with E-state index in [4.69, 9.17) is 5.73 Å². The summed E-state index contributed by atoms with van der Waals surface area (Å²) in [6.45, 7) is 0. The summed E-state index contributed by atoms with van der Waals surface area (Å²) in [5.41, 5.74) is 9.34. The molecular weight excluding hydrogens is 295 g/mol. The van der Waals surface area contributed by atoms with Gasteiger partial charge in [0, 0.05) is 28.8 Å². The number of H-pyrrole nitrogens is 1. The first-order valence-corrected chi connectivity index (χ1v) is 7.49. The maximum Gasteiger partial charge on any atom is 0.184 e. The highest BCUT2D eigenvalue weighted by molar-refractivity contribution is 5.91. The monoisotopic (exact) mass is 308 g/mol. The molecule has 7 heteroatoms. The Morgan fingerprint density at radius 1 is 1.30 bits per heavy atom. The van der Waals surface area contributed by atoms with E-state index in [0.717, 1.165) is 11.2 Å². The summed E-state index contributed by atoms with van der Waals surface area (Å²) in [4.78, 5) is 11.4. The van der Waals surface area contributed by atoms with Crippen molar-refractivity contribution in [1.82, 2.24) is 24.6 Å². The van der Waals surface area contributed by atoms with Gasteiger partial charge in [-0.2, -0.15) is 0 Å². The lowest BCUT2D eigenvalue weighted by Gasteiger charge is -2.05. The van der Waals surface area contributed by atoms with Crippen molar-refractivity contribution in [3.8, 4) is 11.4 Å². The van der Waals surface area contributed by atoms with Gasteiger partial charge in [0.05, 0.1) is 6.20 Å². The number of rotatable bonds is 2. The smallest absolute Gasteiger partial charge is 0.184 e. The molecule has 0 unspecified atom stereocenters. The zero-order chi connectivity index (χ0) is 15.6. The van der Waals surface area contributed by atoms with E-state index in [9.17, 15) is 4.39 Å². The second-order valence-corrected chi connectivity index (χ2v) is 5.90. The largest absolute Gasteiger partial charge is 0.382 e. The zero-order valence-corrected chi connectivity index (χ0v) is 12.1. The second-order valence-electron chi connectivity index (χ2n) is 5.90. The predicted octanol–water partition coefficient (Wildman–Crippen LogP) is 2.87. The van der Waals surface area contributed by atoms with Crippen LogP contribution in [0.15, 0.2) is 30.6 Å². The molecule has 0 aromatic carbocycles. The zero-order valence-electron chi connectivity index (χ0n) is 12.1. The maximum atomic E-state index is 13.5. The Labute approximate surface area is 130 Å². The van der Waals surface area contributed by atoms with Gasteiger partial charge in [0.2, 0.25) is 0 Å². The van der Waals surface area contributed by atoms with E-state index in [-0.39, 0.29) is 0 Å². The third kappa shape index (κ3) is 1.82. The highest BCUT2D eigenvalue weighted by Crippen LogP contribution is 2.41. The quantitative estimate of drug-likeness (QED) is 0.596. The lowest BCUT2D eigenvalue weighted by molar-refractivity contribution is 0.624. The molecule has 114 valence electrons. The Balaban J connectivity index is 1.78. The summed E-state index contributed by atoms with van der Waals surface area (Å²) < 4.78 is 15.4. The predicted molar refractivity (Wildman–Crippen MR) is 84.4 cm³/mol. The number of aromatic nitrogens is 5. The van der Waals surface area contributed by atoms with Gasteiger partial charge < -0.3 is 10.7 Å². The van der Waals surface area contributed by atoms with E-state index in [2.05, 4.69) is 26.1 Å². The van der Waals surface area contributed by atoms with Gasteiger partial charge in [-0.05, 0) is 31.0 Å². The van der Waals surface area contributed by atoms with Crippen molar-refractivity contribution in [1.29, 1.82) is 0 Å². The summed E-state index contributed by atoms with van der Waals surface area (Å²) >= 11 is 0. The highest BCUT2D eigenvalue weighted by atomic mass is 19.1. The molecule has 23 heavy (non-hydrogen) atoms. The molecule has 4 heterocycles. The number of nitrogens with one attached hydrogen (secondary N) is 1. The van der Waals surface area contributed by atoms with Gasteiger partial charge in [-0.1, -0.05) is 0 Å². The van der Waals surface area contributed by atoms with E-state index in [1.54, 1.807) is 6.20 Å². The molecule has 0 aliphatic heterocycles. The van der Waals surface area contributed by atoms with Crippen LogP contribution in [0.1, 0.15) is 24.5 Å². The van der Waals surface area contributed by atoms with Crippen LogP contribution in [0.3, 0.4) is 0 Å². The van der Waals surface area contributed by atoms with E-state index in [1.165, 1.54) is 25.1 Å². The average molecular weight is 308 g/mol. The number of anilines is 1. The molecule has 1 fully saturated rings. The topological polar surface area (TPSA) is 84.9 Å². The summed E-state index contributed by atoms with van der Waals surface area (Å²) in [5.74, 6) is 1.03. The molecule has 0 spiro atoms. The summed E-state index contributed by atoms with van der Waals surface area (Å²) in [5, 5.41) is 5.28. The highest BCUT2D eigenvalue weighted by Gasteiger charge is 2.27. The van der Waals surface area contributed by atoms with Gasteiger partial charge in [-0.15, -0.1) is 5.10 Å². The molecular formula is C16H13FN6. The molecule has 4 aromatic rings. The van der Waals surface area contributed by atoms with Crippen molar-refractivity contribution >= 4 is 22.4 Å². The van der Waals surface area contributed by atoms with E-state index >= 15 is 0 Å². The first-order chi connectivity index (χ1) is 11.2. The summed E-state index contributed by atoms with van der Waals surface area (Å²) in [6.07, 6.45) is 5.26. The van der Waals surface area contributed by atoms with Crippen molar-refractivity contribution in [2.75, 3.05) is 5.73 Å². The third-order valence-corrected chi connectivity index (χ3v) is 4.30. The number of hydrogen-bond donors (Lipinski definition) is 2. The van der Waals surface area contributed by atoms with Gasteiger partial charge in [0.25, 0.3) is 0 Å². The Kier molecular flexibility index (Phi) is 2.34. The minimum Gasteiger partial charge on any atom is -0.382 e. The standard InChI is InChI=1S/C16H13FN6/c17-9-5-10-11(7-20-15(10)19-6-9)16-21-14(18)13-4-3-12(8-1-2-8)23(13)22-16/h3-8H,1-2H2,(H,19,20)(H2,18,21,22). The van der Waals surface area contributed by atoms with Crippen LogP contribution in [-0.4, -0.2) is 24.6 Å². The Bertz CT molecular complexity index is 1060. The minimum absolute atomic E-state index is 0.396. The molecule has 0 amide bonds. The van der Waals surface area contributed by atoms with Crippen molar-refractivity contribution in [3.63, 3.8) is 0 Å². The van der Waals surface area contributed by atoms with Crippen molar-refractivity contribution in [2.24, 2.45) is 0 Å². The Morgan fingerprint density at radius 3 is 3.00 bits per heavy atom. The molecule has 5 rings (SSSR count). The van der Waals surface area contributed by atoms with Crippen molar-refractivity contribution < 1.29 is 4.39 Å². The Hall–Kier alpha value is -2.96. The molecule has 6 nitrogen and oxygen atoms in total. The van der Waals surface area contributed by atoms with Gasteiger partial charge >= 0.3 is 0 Å². The fourth-order valence-electron chi connectivity index (χ4n) is 3.00. The number of halogens is 1. The van der Waals surface area contributed by atoms with Crippen LogP contribution in [0.5, 0.6) is 0 Å². The van der Waals surface area contributed by atoms with Crippen molar-refractivity contribution in [2.45, 2.75) is 18.8 Å².